The van der Waals surface area contributed by atoms with Gasteiger partial charge in [0.25, 0.3) is 17.7 Å². The molecule has 2 aliphatic carbocycles. The van der Waals surface area contributed by atoms with Gasteiger partial charge < -0.3 is 50.6 Å². The third-order valence-corrected chi connectivity index (χ3v) is 14.3. The number of rotatable bonds is 24. The van der Waals surface area contributed by atoms with Crippen LogP contribution < -0.4 is 40.8 Å². The number of carboxylic acids is 1. The first-order valence-electron chi connectivity index (χ1n) is 26.0. The van der Waals surface area contributed by atoms with Gasteiger partial charge in [-0.3, -0.25) is 33.8 Å². The smallest absolute Gasteiger partial charge is 0.339 e. The number of nitrogens with zero attached hydrogens (tertiary/aromatic N) is 1. The summed E-state index contributed by atoms with van der Waals surface area (Å²) < 4.78 is 22.7. The Morgan fingerprint density at radius 1 is 0.671 bits per heavy atom. The molecule has 1 atom stereocenters. The number of ketones is 1. The quantitative estimate of drug-likeness (QED) is 0.0310. The number of carbonyl (C=O) groups excluding carboxylic acids is 6. The number of carboxylic acid groups (broad SMARTS) is 1. The first-order chi connectivity index (χ1) is 38.1. The first kappa shape index (κ1) is 56.6. The molecule has 2 aliphatic rings. The average Bonchev–Trinajstić information content (AvgIpc) is 4.33. The van der Waals surface area contributed by atoms with Gasteiger partial charge >= 0.3 is 5.97 Å². The summed E-state index contributed by atoms with van der Waals surface area (Å²) in [4.78, 5) is 93.0. The summed E-state index contributed by atoms with van der Waals surface area (Å²) in [5.74, 6) is -1.78. The molecule has 410 valence electrons. The largest absolute Gasteiger partial charge is 0.494 e. The molecule has 1 aromatic heterocycles. The van der Waals surface area contributed by atoms with E-state index in [4.69, 9.17) is 30.5 Å². The number of anilines is 3. The number of methoxy groups -OCH3 is 1. The van der Waals surface area contributed by atoms with E-state index >= 15 is 0 Å². The zero-order valence-corrected chi connectivity index (χ0v) is 44.8. The molecule has 1 fully saturated rings. The number of Topliss-reactive ketones (excluding diaryl/α,β-unsaturated/α-hetero) is 1. The van der Waals surface area contributed by atoms with Crippen LogP contribution in [0.3, 0.4) is 0 Å². The SMILES string of the molecule is COc1cc(NC(=O)c2ccccn2)ccc1NC(=O)c1ccc(NC(=O)COCC(=O)NCCCCNC(=O)COc2ccc(-c3cccc(COc4cc5c(c(C)c4C)C(=O)C(C4CCCC4)C5)c3)cc2C(=O)O)cc1Cl. The second-order valence-electron chi connectivity index (χ2n) is 19.4. The fourth-order valence-corrected chi connectivity index (χ4v) is 10.0. The van der Waals surface area contributed by atoms with Gasteiger partial charge in [-0.15, -0.1) is 0 Å². The fourth-order valence-electron chi connectivity index (χ4n) is 9.78. The molecule has 6 N–H and O–H groups in total. The van der Waals surface area contributed by atoms with E-state index in [2.05, 4.69) is 31.6 Å². The molecule has 18 nitrogen and oxygen atoms in total. The normalized spacial score (nSPS) is 13.7. The van der Waals surface area contributed by atoms with Crippen molar-refractivity contribution in [1.82, 2.24) is 15.6 Å². The molecule has 6 aromatic rings. The number of ether oxygens (including phenoxy) is 4. The van der Waals surface area contributed by atoms with Crippen LogP contribution in [0.1, 0.15) is 102 Å². The number of fused-ring (bicyclic) bond motifs is 1. The monoisotopic (exact) mass is 1090 g/mol. The third-order valence-electron chi connectivity index (χ3n) is 14.0. The molecule has 0 aliphatic heterocycles. The number of benzene rings is 5. The van der Waals surface area contributed by atoms with E-state index in [-0.39, 0.29) is 77.0 Å². The van der Waals surface area contributed by atoms with Crippen LogP contribution in [0.5, 0.6) is 17.2 Å². The minimum absolute atomic E-state index is 0.0411. The predicted molar refractivity (Wildman–Crippen MR) is 297 cm³/mol. The molecule has 5 amide bonds. The van der Waals surface area contributed by atoms with Gasteiger partial charge in [0.1, 0.15) is 48.3 Å². The number of hydrogen-bond donors (Lipinski definition) is 6. The van der Waals surface area contributed by atoms with Crippen molar-refractivity contribution in [3.05, 3.63) is 159 Å². The number of unbranched alkanes of at least 4 members (excludes halogenated alkanes) is 1. The zero-order chi connectivity index (χ0) is 56.0. The summed E-state index contributed by atoms with van der Waals surface area (Å²) in [5.41, 5.74) is 7.44. The van der Waals surface area contributed by atoms with Crippen molar-refractivity contribution in [3.63, 3.8) is 0 Å². The summed E-state index contributed by atoms with van der Waals surface area (Å²) in [7, 11) is 1.42. The molecule has 19 heteroatoms. The van der Waals surface area contributed by atoms with Crippen LogP contribution in [0.4, 0.5) is 17.1 Å². The van der Waals surface area contributed by atoms with E-state index in [1.165, 1.54) is 56.5 Å². The van der Waals surface area contributed by atoms with Crippen molar-refractivity contribution < 1.29 is 57.6 Å². The Balaban J connectivity index is 0.703. The Morgan fingerprint density at radius 3 is 2.11 bits per heavy atom. The lowest BCUT2D eigenvalue weighted by Crippen LogP contribution is -2.32. The summed E-state index contributed by atoms with van der Waals surface area (Å²) >= 11 is 6.42. The van der Waals surface area contributed by atoms with Gasteiger partial charge in [0, 0.05) is 48.2 Å². The van der Waals surface area contributed by atoms with Gasteiger partial charge in [0.2, 0.25) is 11.8 Å². The lowest BCUT2D eigenvalue weighted by atomic mass is 9.87. The van der Waals surface area contributed by atoms with Gasteiger partial charge in [0.05, 0.1) is 23.4 Å². The molecule has 8 rings (SSSR count). The number of carbonyl (C=O) groups is 7. The Bertz CT molecular complexity index is 3270. The van der Waals surface area contributed by atoms with Gasteiger partial charge in [-0.25, -0.2) is 4.79 Å². The highest BCUT2D eigenvalue weighted by molar-refractivity contribution is 6.34. The molecule has 79 heavy (non-hydrogen) atoms. The van der Waals surface area contributed by atoms with Crippen molar-refractivity contribution in [2.75, 3.05) is 56.0 Å². The summed E-state index contributed by atoms with van der Waals surface area (Å²) in [5, 5.41) is 23.6. The maximum Gasteiger partial charge on any atom is 0.339 e. The standard InChI is InChI=1S/C60H61ClN6O12/c1-35-36(2)56-41(27-45(57(56)71)38-12-4-5-13-38)28-51(35)78-31-37-11-10-14-39(25-37)40-16-21-50(46(26-40)60(74)75)79-34-54(69)64-24-9-8-23-63-53(68)32-77-33-55(70)65-42-17-19-44(47(61)29-42)58(72)67-48-20-18-43(30-52(48)76-3)66-59(73)49-15-6-7-22-62-49/h6-7,10-11,14-22,25-26,28-30,38,45H,4-5,8-9,12-13,23-24,27,31-34H2,1-3H3,(H,63,68)(H,64,69)(H,65,70)(H,66,73)(H,67,72)(H,74,75). The van der Waals surface area contributed by atoms with Crippen molar-refractivity contribution >= 4 is 70.0 Å². The van der Waals surface area contributed by atoms with Crippen LogP contribution in [0, 0.1) is 25.7 Å². The summed E-state index contributed by atoms with van der Waals surface area (Å²) in [6.45, 7) is 3.60. The van der Waals surface area contributed by atoms with Crippen LogP contribution >= 0.6 is 11.6 Å². The van der Waals surface area contributed by atoms with Gasteiger partial charge in [-0.05, 0) is 152 Å². The maximum absolute atomic E-state index is 13.5. The van der Waals surface area contributed by atoms with Crippen LogP contribution in [-0.4, -0.2) is 91.4 Å². The third kappa shape index (κ3) is 14.7. The number of nitrogens with one attached hydrogen (secondary N) is 5. The molecule has 0 spiro atoms. The predicted octanol–water partition coefficient (Wildman–Crippen LogP) is 9.40. The van der Waals surface area contributed by atoms with Crippen molar-refractivity contribution in [2.24, 2.45) is 11.8 Å². The molecular formula is C60H61ClN6O12. The molecule has 1 unspecified atom stereocenters. The van der Waals surface area contributed by atoms with Gasteiger partial charge in [0.15, 0.2) is 12.4 Å². The fraction of sp³-hybridized carbons (Fsp3) is 0.300. The molecule has 0 radical (unpaired) electrons. The Labute approximate surface area is 461 Å². The molecule has 0 saturated heterocycles. The Morgan fingerprint density at radius 2 is 1.39 bits per heavy atom. The van der Waals surface area contributed by atoms with E-state index in [1.807, 2.05) is 44.2 Å². The van der Waals surface area contributed by atoms with Crippen LogP contribution in [0.2, 0.25) is 5.02 Å². The minimum atomic E-state index is -1.21. The number of aromatic carboxylic acids is 1. The molecule has 1 saturated carbocycles. The number of aromatic nitrogens is 1. The summed E-state index contributed by atoms with van der Waals surface area (Å²) in [6, 6.07) is 28.4. The number of halogens is 1. The molecule has 1 heterocycles. The Hall–Kier alpha value is -8.61. The van der Waals surface area contributed by atoms with E-state index in [9.17, 15) is 38.7 Å². The van der Waals surface area contributed by atoms with Crippen LogP contribution in [0.15, 0.2) is 109 Å². The highest BCUT2D eigenvalue weighted by atomic mass is 35.5. The highest BCUT2D eigenvalue weighted by Gasteiger charge is 2.39. The topological polar surface area (TPSA) is 250 Å². The van der Waals surface area contributed by atoms with E-state index in [0.29, 0.717) is 35.7 Å². The van der Waals surface area contributed by atoms with Crippen LogP contribution in [-0.2, 0) is 32.1 Å². The average molecular weight is 1090 g/mol. The molecular weight excluding hydrogens is 1030 g/mol. The lowest BCUT2D eigenvalue weighted by molar-refractivity contribution is -0.129. The molecule has 5 aromatic carbocycles. The van der Waals surface area contributed by atoms with Gasteiger partial charge in [-0.1, -0.05) is 54.8 Å². The lowest BCUT2D eigenvalue weighted by Gasteiger charge is -2.16. The van der Waals surface area contributed by atoms with Crippen molar-refractivity contribution in [2.45, 2.75) is 65.4 Å². The zero-order valence-electron chi connectivity index (χ0n) is 44.0. The van der Waals surface area contributed by atoms with Crippen molar-refractivity contribution in [1.29, 1.82) is 0 Å². The van der Waals surface area contributed by atoms with E-state index < -0.39 is 48.7 Å². The maximum atomic E-state index is 13.5. The minimum Gasteiger partial charge on any atom is -0.494 e. The second-order valence-corrected chi connectivity index (χ2v) is 19.8. The van der Waals surface area contributed by atoms with E-state index in [0.717, 1.165) is 58.4 Å². The van der Waals surface area contributed by atoms with Gasteiger partial charge in [-0.2, -0.15) is 0 Å². The highest BCUT2D eigenvalue weighted by Crippen LogP contribution is 2.43. The van der Waals surface area contributed by atoms with E-state index in [1.54, 1.807) is 42.5 Å². The Kier molecular flexibility index (Phi) is 19.1. The second kappa shape index (κ2) is 26.6. The summed E-state index contributed by atoms with van der Waals surface area (Å²) in [6.07, 6.45) is 7.93. The first-order valence-corrected chi connectivity index (χ1v) is 26.3. The molecule has 0 bridgehead atoms. The number of amides is 5. The van der Waals surface area contributed by atoms with Crippen molar-refractivity contribution in [3.8, 4) is 28.4 Å². The number of hydrogen-bond acceptors (Lipinski definition) is 12. The number of pyridine rings is 1. The van der Waals surface area contributed by atoms with Crippen LogP contribution in [0.25, 0.3) is 11.1 Å².